The molecule has 3 N–H and O–H groups in total. The van der Waals surface area contributed by atoms with E-state index in [1.165, 1.54) is 0 Å². The van der Waals surface area contributed by atoms with Crippen molar-refractivity contribution in [3.05, 3.63) is 95.7 Å². The van der Waals surface area contributed by atoms with Crippen LogP contribution in [0.2, 0.25) is 0 Å². The standard InChI is InChI=1S/C26H22N2O4/c29-25(30)24(13-16-14-27-23-12-6-5-7-17(16)23)28-26(31)32-15-22-20-10-3-1-8-18(20)19-9-2-4-11-21(19)22/h1-12,14,22,24,27H,13,15H2,(H,28,31)(H,29,30)/t24-/m1/s1. The summed E-state index contributed by atoms with van der Waals surface area (Å²) in [4.78, 5) is 27.5. The molecule has 6 heteroatoms. The summed E-state index contributed by atoms with van der Waals surface area (Å²) >= 11 is 0. The van der Waals surface area contributed by atoms with Crippen LogP contribution >= 0.6 is 0 Å². The van der Waals surface area contributed by atoms with Crippen molar-refractivity contribution >= 4 is 23.0 Å². The molecule has 1 atom stereocenters. The van der Waals surface area contributed by atoms with Crippen molar-refractivity contribution < 1.29 is 19.4 Å². The highest BCUT2D eigenvalue weighted by molar-refractivity contribution is 5.85. The van der Waals surface area contributed by atoms with Gasteiger partial charge in [0.1, 0.15) is 12.6 Å². The minimum Gasteiger partial charge on any atom is -0.480 e. The van der Waals surface area contributed by atoms with E-state index in [1.54, 1.807) is 6.20 Å². The van der Waals surface area contributed by atoms with Crippen molar-refractivity contribution in [1.82, 2.24) is 10.3 Å². The summed E-state index contributed by atoms with van der Waals surface area (Å²) in [6, 6.07) is 22.7. The smallest absolute Gasteiger partial charge is 0.407 e. The normalized spacial score (nSPS) is 13.4. The molecule has 1 amide bonds. The van der Waals surface area contributed by atoms with Crippen LogP contribution in [0.15, 0.2) is 79.0 Å². The largest absolute Gasteiger partial charge is 0.480 e. The van der Waals surface area contributed by atoms with Gasteiger partial charge in [-0.1, -0.05) is 66.7 Å². The maximum absolute atomic E-state index is 12.5. The molecule has 0 bridgehead atoms. The van der Waals surface area contributed by atoms with E-state index in [4.69, 9.17) is 4.74 Å². The van der Waals surface area contributed by atoms with Crippen LogP contribution in [0, 0.1) is 0 Å². The van der Waals surface area contributed by atoms with Crippen molar-refractivity contribution in [3.63, 3.8) is 0 Å². The number of rotatable bonds is 6. The third-order valence-corrected chi connectivity index (χ3v) is 6.03. The molecule has 4 aromatic rings. The fourth-order valence-corrected chi connectivity index (χ4v) is 4.50. The number of aromatic nitrogens is 1. The topological polar surface area (TPSA) is 91.4 Å². The number of carboxylic acids is 1. The number of aromatic amines is 1. The number of alkyl carbamates (subject to hydrolysis) is 1. The maximum atomic E-state index is 12.5. The van der Waals surface area contributed by atoms with Gasteiger partial charge in [0, 0.05) is 29.4 Å². The Hall–Kier alpha value is -4.06. The predicted octanol–water partition coefficient (Wildman–Crippen LogP) is 4.70. The third-order valence-electron chi connectivity index (χ3n) is 6.03. The monoisotopic (exact) mass is 426 g/mol. The Morgan fingerprint density at radius 1 is 0.938 bits per heavy atom. The zero-order valence-corrected chi connectivity index (χ0v) is 17.2. The fraction of sp³-hybridized carbons (Fsp3) is 0.154. The minimum atomic E-state index is -1.11. The van der Waals surface area contributed by atoms with E-state index < -0.39 is 18.1 Å². The number of aliphatic carboxylic acids is 1. The lowest BCUT2D eigenvalue weighted by atomic mass is 9.98. The Labute approximate surface area is 184 Å². The number of ether oxygens (including phenoxy) is 1. The molecule has 1 heterocycles. The summed E-state index contributed by atoms with van der Waals surface area (Å²) < 4.78 is 5.51. The molecule has 0 saturated heterocycles. The maximum Gasteiger partial charge on any atom is 0.407 e. The zero-order chi connectivity index (χ0) is 22.1. The number of hydrogen-bond donors (Lipinski definition) is 3. The van der Waals surface area contributed by atoms with E-state index in [2.05, 4.69) is 22.4 Å². The Morgan fingerprint density at radius 2 is 1.56 bits per heavy atom. The second-order valence-corrected chi connectivity index (χ2v) is 7.92. The molecular formula is C26H22N2O4. The second kappa shape index (κ2) is 8.23. The van der Waals surface area contributed by atoms with Crippen LogP contribution in [0.1, 0.15) is 22.6 Å². The van der Waals surface area contributed by atoms with Gasteiger partial charge in [0.25, 0.3) is 0 Å². The summed E-state index contributed by atoms with van der Waals surface area (Å²) in [6.07, 6.45) is 1.20. The minimum absolute atomic E-state index is 0.0787. The Morgan fingerprint density at radius 3 is 2.25 bits per heavy atom. The molecular weight excluding hydrogens is 404 g/mol. The van der Waals surface area contributed by atoms with Crippen molar-refractivity contribution in [2.24, 2.45) is 0 Å². The number of carbonyl (C=O) groups excluding carboxylic acids is 1. The molecule has 5 rings (SSSR count). The summed E-state index contributed by atoms with van der Waals surface area (Å²) in [5.74, 6) is -1.19. The number of para-hydroxylation sites is 1. The highest BCUT2D eigenvalue weighted by atomic mass is 16.5. The number of fused-ring (bicyclic) bond motifs is 4. The Kier molecular flexibility index (Phi) is 5.11. The van der Waals surface area contributed by atoms with Gasteiger partial charge in [-0.25, -0.2) is 9.59 Å². The third kappa shape index (κ3) is 3.60. The average Bonchev–Trinajstić information content (AvgIpc) is 3.36. The number of carboxylic acid groups (broad SMARTS) is 1. The lowest BCUT2D eigenvalue weighted by Crippen LogP contribution is -2.42. The van der Waals surface area contributed by atoms with Crippen molar-refractivity contribution in [1.29, 1.82) is 0 Å². The van der Waals surface area contributed by atoms with Crippen molar-refractivity contribution in [2.45, 2.75) is 18.4 Å². The number of H-pyrrole nitrogens is 1. The van der Waals surface area contributed by atoms with Crippen LogP contribution in [0.25, 0.3) is 22.0 Å². The summed E-state index contributed by atoms with van der Waals surface area (Å²) in [7, 11) is 0. The van der Waals surface area contributed by atoms with Crippen LogP contribution < -0.4 is 5.32 Å². The van der Waals surface area contributed by atoms with Gasteiger partial charge in [-0.15, -0.1) is 0 Å². The summed E-state index contributed by atoms with van der Waals surface area (Å²) in [6.45, 7) is 0.138. The lowest BCUT2D eigenvalue weighted by molar-refractivity contribution is -0.139. The molecule has 0 aliphatic heterocycles. The molecule has 0 saturated carbocycles. The van der Waals surface area contributed by atoms with E-state index in [9.17, 15) is 14.7 Å². The quantitative estimate of drug-likeness (QED) is 0.417. The molecule has 160 valence electrons. The van der Waals surface area contributed by atoms with Crippen LogP contribution in [0.4, 0.5) is 4.79 Å². The summed E-state index contributed by atoms with van der Waals surface area (Å²) in [5.41, 5.74) is 6.24. The molecule has 32 heavy (non-hydrogen) atoms. The highest BCUT2D eigenvalue weighted by Crippen LogP contribution is 2.44. The number of nitrogens with one attached hydrogen (secondary N) is 2. The molecule has 1 aromatic heterocycles. The van der Waals surface area contributed by atoms with E-state index in [0.29, 0.717) is 0 Å². The van der Waals surface area contributed by atoms with Crippen LogP contribution in [0.5, 0.6) is 0 Å². The van der Waals surface area contributed by atoms with Crippen molar-refractivity contribution in [2.75, 3.05) is 6.61 Å². The lowest BCUT2D eigenvalue weighted by Gasteiger charge is -2.17. The Bertz CT molecular complexity index is 1260. The van der Waals surface area contributed by atoms with Gasteiger partial charge in [0.15, 0.2) is 0 Å². The zero-order valence-electron chi connectivity index (χ0n) is 17.2. The van der Waals surface area contributed by atoms with Gasteiger partial charge < -0.3 is 20.1 Å². The molecule has 0 spiro atoms. The van der Waals surface area contributed by atoms with Gasteiger partial charge in [-0.3, -0.25) is 0 Å². The first-order valence-corrected chi connectivity index (χ1v) is 10.5. The summed E-state index contributed by atoms with van der Waals surface area (Å²) in [5, 5.41) is 13.1. The number of carbonyl (C=O) groups is 2. The van der Waals surface area contributed by atoms with Gasteiger partial charge in [0.05, 0.1) is 0 Å². The number of amides is 1. The molecule has 6 nitrogen and oxygen atoms in total. The SMILES string of the molecule is O=C(N[C@H](Cc1c[nH]c2ccccc12)C(=O)O)OCC1c2ccccc2-c2ccccc21. The van der Waals surface area contributed by atoms with E-state index in [1.807, 2.05) is 60.7 Å². The van der Waals surface area contributed by atoms with E-state index in [-0.39, 0.29) is 18.9 Å². The second-order valence-electron chi connectivity index (χ2n) is 7.92. The van der Waals surface area contributed by atoms with Gasteiger partial charge >= 0.3 is 12.1 Å². The number of benzene rings is 3. The van der Waals surface area contributed by atoms with Crippen LogP contribution in [-0.2, 0) is 16.0 Å². The average molecular weight is 426 g/mol. The first kappa shape index (κ1) is 19.9. The van der Waals surface area contributed by atoms with Crippen molar-refractivity contribution in [3.8, 4) is 11.1 Å². The Balaban J connectivity index is 1.28. The van der Waals surface area contributed by atoms with Crippen LogP contribution in [0.3, 0.4) is 0 Å². The molecule has 1 aliphatic rings. The fourth-order valence-electron chi connectivity index (χ4n) is 4.50. The first-order valence-electron chi connectivity index (χ1n) is 10.5. The predicted molar refractivity (Wildman–Crippen MR) is 122 cm³/mol. The van der Waals surface area contributed by atoms with Crippen LogP contribution in [-0.4, -0.2) is 34.8 Å². The molecule has 1 aliphatic carbocycles. The molecule has 0 radical (unpaired) electrons. The molecule has 0 fully saturated rings. The molecule has 0 unspecified atom stereocenters. The molecule has 3 aromatic carbocycles. The number of hydrogen-bond acceptors (Lipinski definition) is 3. The van der Waals surface area contributed by atoms with E-state index >= 15 is 0 Å². The van der Waals surface area contributed by atoms with Gasteiger partial charge in [-0.05, 0) is 33.9 Å². The first-order chi connectivity index (χ1) is 15.6. The van der Waals surface area contributed by atoms with Gasteiger partial charge in [-0.2, -0.15) is 0 Å². The van der Waals surface area contributed by atoms with E-state index in [0.717, 1.165) is 38.7 Å². The van der Waals surface area contributed by atoms with Gasteiger partial charge in [0.2, 0.25) is 0 Å². The highest BCUT2D eigenvalue weighted by Gasteiger charge is 2.30.